The SMILES string of the molecule is CC(C)(C(=O)CC(CCOC1CC(CCc2ccc3c(n2)CCCC3)C1)C(=O)O)c1ccccc1. The van der Waals surface area contributed by atoms with Gasteiger partial charge in [-0.15, -0.1) is 0 Å². The van der Waals surface area contributed by atoms with Crippen LogP contribution >= 0.6 is 0 Å². The van der Waals surface area contributed by atoms with Gasteiger partial charge in [0.15, 0.2) is 0 Å². The van der Waals surface area contributed by atoms with Crippen molar-refractivity contribution in [2.24, 2.45) is 11.8 Å². The number of aromatic nitrogens is 1. The first-order valence-corrected chi connectivity index (χ1v) is 13.2. The molecule has 5 nitrogen and oxygen atoms in total. The van der Waals surface area contributed by atoms with Gasteiger partial charge in [-0.2, -0.15) is 0 Å². The van der Waals surface area contributed by atoms with Crippen molar-refractivity contribution < 1.29 is 19.4 Å². The maximum absolute atomic E-state index is 12.9. The summed E-state index contributed by atoms with van der Waals surface area (Å²) in [5.74, 6) is -1.02. The molecule has 1 unspecified atom stereocenters. The van der Waals surface area contributed by atoms with Crippen LogP contribution in [0.3, 0.4) is 0 Å². The molecule has 1 aromatic carbocycles. The van der Waals surface area contributed by atoms with E-state index in [2.05, 4.69) is 12.1 Å². The summed E-state index contributed by atoms with van der Waals surface area (Å²) in [6.07, 6.45) is 9.65. The lowest BCUT2D eigenvalue weighted by Crippen LogP contribution is -2.34. The number of rotatable bonds is 12. The van der Waals surface area contributed by atoms with Crippen LogP contribution in [-0.4, -0.2) is 34.6 Å². The molecule has 1 saturated carbocycles. The Hall–Kier alpha value is -2.53. The lowest BCUT2D eigenvalue weighted by molar-refractivity contribution is -0.145. The van der Waals surface area contributed by atoms with Crippen LogP contribution in [0.5, 0.6) is 0 Å². The molecule has 0 radical (unpaired) electrons. The molecule has 1 fully saturated rings. The van der Waals surface area contributed by atoms with Gasteiger partial charge in [0.25, 0.3) is 0 Å². The molecule has 4 rings (SSSR count). The summed E-state index contributed by atoms with van der Waals surface area (Å²) in [6.45, 7) is 4.13. The zero-order valence-electron chi connectivity index (χ0n) is 21.2. The molecule has 2 aromatic rings. The van der Waals surface area contributed by atoms with Crippen molar-refractivity contribution in [3.05, 3.63) is 65.0 Å². The molecule has 0 bridgehead atoms. The summed E-state index contributed by atoms with van der Waals surface area (Å²) in [4.78, 5) is 29.6. The Kier molecular flexibility index (Phi) is 8.38. The highest BCUT2D eigenvalue weighted by Crippen LogP contribution is 2.34. The van der Waals surface area contributed by atoms with Gasteiger partial charge in [0.1, 0.15) is 5.78 Å². The van der Waals surface area contributed by atoms with Gasteiger partial charge in [-0.25, -0.2) is 0 Å². The van der Waals surface area contributed by atoms with E-state index >= 15 is 0 Å². The number of aliphatic carboxylic acids is 1. The number of carbonyl (C=O) groups is 2. The fourth-order valence-corrected chi connectivity index (χ4v) is 5.35. The molecule has 1 atom stereocenters. The molecule has 1 aromatic heterocycles. The fourth-order valence-electron chi connectivity index (χ4n) is 5.35. The van der Waals surface area contributed by atoms with Gasteiger partial charge in [0, 0.05) is 29.8 Å². The zero-order chi connectivity index (χ0) is 24.8. The van der Waals surface area contributed by atoms with Crippen LogP contribution in [0.4, 0.5) is 0 Å². The van der Waals surface area contributed by atoms with Crippen LogP contribution in [0, 0.1) is 11.8 Å². The average Bonchev–Trinajstić information content (AvgIpc) is 2.84. The van der Waals surface area contributed by atoms with Crippen LogP contribution < -0.4 is 0 Å². The number of hydrogen-bond donors (Lipinski definition) is 1. The lowest BCUT2D eigenvalue weighted by atomic mass is 9.77. The number of carboxylic acid groups (broad SMARTS) is 1. The van der Waals surface area contributed by atoms with Gasteiger partial charge in [-0.05, 0) is 94.7 Å². The number of benzene rings is 1. The summed E-state index contributed by atoms with van der Waals surface area (Å²) in [6, 6.07) is 14.0. The highest BCUT2D eigenvalue weighted by molar-refractivity contribution is 5.92. The second-order valence-electron chi connectivity index (χ2n) is 10.9. The number of carbonyl (C=O) groups excluding carboxylic acids is 1. The number of carboxylic acids is 1. The van der Waals surface area contributed by atoms with Gasteiger partial charge in [-0.1, -0.05) is 36.4 Å². The van der Waals surface area contributed by atoms with E-state index < -0.39 is 17.3 Å². The third-order valence-electron chi connectivity index (χ3n) is 8.03. The van der Waals surface area contributed by atoms with Crippen LogP contribution in [0.1, 0.15) is 81.3 Å². The predicted octanol–water partition coefficient (Wildman–Crippen LogP) is 5.72. The maximum Gasteiger partial charge on any atom is 0.307 e. The fraction of sp³-hybridized carbons (Fsp3) is 0.567. The molecule has 1 N–H and O–H groups in total. The molecule has 2 aliphatic rings. The molecule has 0 amide bonds. The first-order valence-electron chi connectivity index (χ1n) is 13.2. The Labute approximate surface area is 209 Å². The number of Topliss-reactive ketones (excluding diaryl/α,β-unsaturated/α-hetero) is 1. The monoisotopic (exact) mass is 477 g/mol. The van der Waals surface area contributed by atoms with Crippen molar-refractivity contribution in [3.8, 4) is 0 Å². The average molecular weight is 478 g/mol. The predicted molar refractivity (Wildman–Crippen MR) is 136 cm³/mol. The minimum atomic E-state index is -0.921. The van der Waals surface area contributed by atoms with E-state index in [1.165, 1.54) is 36.2 Å². The number of ketones is 1. The molecular weight excluding hydrogens is 438 g/mol. The van der Waals surface area contributed by atoms with E-state index in [1.54, 1.807) is 0 Å². The Bertz CT molecular complexity index is 1010. The van der Waals surface area contributed by atoms with Gasteiger partial charge in [0.2, 0.25) is 0 Å². The minimum absolute atomic E-state index is 0.0294. The number of aryl methyl sites for hydroxylation is 3. The van der Waals surface area contributed by atoms with Crippen molar-refractivity contribution in [2.75, 3.05) is 6.61 Å². The Morgan fingerprint density at radius 2 is 1.83 bits per heavy atom. The van der Waals surface area contributed by atoms with Crippen LogP contribution in [0.25, 0.3) is 0 Å². The van der Waals surface area contributed by atoms with Crippen LogP contribution in [-0.2, 0) is 39.0 Å². The Balaban J connectivity index is 1.16. The summed E-state index contributed by atoms with van der Waals surface area (Å²) in [7, 11) is 0. The van der Waals surface area contributed by atoms with E-state index in [-0.39, 0.29) is 18.3 Å². The molecule has 2 aliphatic carbocycles. The molecule has 188 valence electrons. The van der Waals surface area contributed by atoms with E-state index in [4.69, 9.17) is 9.72 Å². The summed E-state index contributed by atoms with van der Waals surface area (Å²) < 4.78 is 5.98. The number of hydrogen-bond acceptors (Lipinski definition) is 4. The third-order valence-corrected chi connectivity index (χ3v) is 8.03. The van der Waals surface area contributed by atoms with E-state index in [9.17, 15) is 14.7 Å². The quantitative estimate of drug-likeness (QED) is 0.423. The molecule has 35 heavy (non-hydrogen) atoms. The van der Waals surface area contributed by atoms with Crippen molar-refractivity contribution >= 4 is 11.8 Å². The Morgan fingerprint density at radius 1 is 1.09 bits per heavy atom. The highest BCUT2D eigenvalue weighted by atomic mass is 16.5. The first kappa shape index (κ1) is 25.6. The van der Waals surface area contributed by atoms with Gasteiger partial charge in [0.05, 0.1) is 12.0 Å². The second kappa shape index (κ2) is 11.5. The normalized spacial score (nSPS) is 20.5. The van der Waals surface area contributed by atoms with E-state index in [0.717, 1.165) is 37.7 Å². The first-order chi connectivity index (χ1) is 16.8. The van der Waals surface area contributed by atoms with Crippen molar-refractivity contribution in [1.82, 2.24) is 4.98 Å². The summed E-state index contributed by atoms with van der Waals surface area (Å²) >= 11 is 0. The van der Waals surface area contributed by atoms with Crippen molar-refractivity contribution in [1.29, 1.82) is 0 Å². The van der Waals surface area contributed by atoms with Gasteiger partial charge < -0.3 is 9.84 Å². The van der Waals surface area contributed by atoms with E-state index in [1.807, 2.05) is 44.2 Å². The summed E-state index contributed by atoms with van der Waals surface area (Å²) in [5.41, 5.74) is 4.16. The third kappa shape index (κ3) is 6.58. The molecule has 5 heteroatoms. The molecular formula is C30H39NO4. The minimum Gasteiger partial charge on any atom is -0.481 e. The van der Waals surface area contributed by atoms with Gasteiger partial charge >= 0.3 is 5.97 Å². The Morgan fingerprint density at radius 3 is 2.57 bits per heavy atom. The largest absolute Gasteiger partial charge is 0.481 e. The summed E-state index contributed by atoms with van der Waals surface area (Å²) in [5, 5.41) is 9.68. The second-order valence-corrected chi connectivity index (χ2v) is 10.9. The van der Waals surface area contributed by atoms with Crippen LogP contribution in [0.2, 0.25) is 0 Å². The molecule has 0 spiro atoms. The van der Waals surface area contributed by atoms with E-state index in [0.29, 0.717) is 18.9 Å². The van der Waals surface area contributed by atoms with Crippen LogP contribution in [0.15, 0.2) is 42.5 Å². The zero-order valence-corrected chi connectivity index (χ0v) is 21.2. The number of pyridine rings is 1. The lowest BCUT2D eigenvalue weighted by Gasteiger charge is -2.35. The smallest absolute Gasteiger partial charge is 0.307 e. The highest BCUT2D eigenvalue weighted by Gasteiger charge is 2.34. The number of nitrogens with zero attached hydrogens (tertiary/aromatic N) is 1. The number of ether oxygens (including phenoxy) is 1. The molecule has 0 saturated heterocycles. The van der Waals surface area contributed by atoms with Crippen molar-refractivity contribution in [3.63, 3.8) is 0 Å². The van der Waals surface area contributed by atoms with Gasteiger partial charge in [-0.3, -0.25) is 14.6 Å². The molecule has 0 aliphatic heterocycles. The molecule has 1 heterocycles. The maximum atomic E-state index is 12.9. The standard InChI is InChI=1S/C30H39NO4/c1-30(2,24-9-4-3-5-10-24)28(32)20-23(29(33)34)16-17-35-26-18-21(19-26)12-14-25-15-13-22-8-6-7-11-27(22)31-25/h3-5,9-10,13,15,21,23,26H,6-8,11-12,14,16-20H2,1-2H3,(H,33,34). The topological polar surface area (TPSA) is 76.5 Å². The number of fused-ring (bicyclic) bond motifs is 1. The van der Waals surface area contributed by atoms with Crippen molar-refractivity contribution in [2.45, 2.75) is 89.6 Å².